The average Bonchev–Trinajstić information content (AvgIpc) is 2.51. The van der Waals surface area contributed by atoms with Gasteiger partial charge in [-0.1, -0.05) is 24.3 Å². The Morgan fingerprint density at radius 1 is 1.16 bits per heavy atom. The first kappa shape index (κ1) is 21.1. The molecule has 2 aromatic rings. The van der Waals surface area contributed by atoms with Crippen molar-refractivity contribution in [2.45, 2.75) is 19.6 Å². The van der Waals surface area contributed by atoms with Gasteiger partial charge < -0.3 is 15.8 Å². The molecule has 0 atom stereocenters. The molecule has 25 heavy (non-hydrogen) atoms. The van der Waals surface area contributed by atoms with Crippen LogP contribution in [0.25, 0.3) is 0 Å². The summed E-state index contributed by atoms with van der Waals surface area (Å²) in [5.41, 5.74) is 8.57. The zero-order valence-electron chi connectivity index (χ0n) is 13.5. The smallest absolute Gasteiger partial charge is 0.422 e. The minimum atomic E-state index is -4.35. The number of rotatable bonds is 5. The van der Waals surface area contributed by atoms with Gasteiger partial charge in [0.1, 0.15) is 5.75 Å². The van der Waals surface area contributed by atoms with Crippen molar-refractivity contribution in [1.82, 2.24) is 0 Å². The lowest BCUT2D eigenvalue weighted by atomic mass is 10.2. The standard InChI is InChI=1S/C17H18F3N3O.HI/c1-12-3-2-4-14(9-12)23-16(21)22-10-13-5-7-15(8-6-13)24-11-17(18,19)20;/h2-9H,10-11H2,1H3,(H3,21,22,23);1H. The van der Waals surface area contributed by atoms with Gasteiger partial charge in [-0.25, -0.2) is 4.99 Å². The van der Waals surface area contributed by atoms with E-state index in [9.17, 15) is 13.2 Å². The van der Waals surface area contributed by atoms with Crippen LogP contribution < -0.4 is 15.8 Å². The number of guanidine groups is 1. The highest BCUT2D eigenvalue weighted by atomic mass is 127. The van der Waals surface area contributed by atoms with Gasteiger partial charge in [-0.15, -0.1) is 24.0 Å². The van der Waals surface area contributed by atoms with Crippen LogP contribution in [0.5, 0.6) is 5.75 Å². The summed E-state index contributed by atoms with van der Waals surface area (Å²) in [5.74, 6) is 0.420. The summed E-state index contributed by atoms with van der Waals surface area (Å²) >= 11 is 0. The summed E-state index contributed by atoms with van der Waals surface area (Å²) in [5, 5.41) is 2.98. The number of aryl methyl sites for hydroxylation is 1. The van der Waals surface area contributed by atoms with E-state index in [-0.39, 0.29) is 35.7 Å². The number of ether oxygens (including phenoxy) is 1. The van der Waals surface area contributed by atoms with E-state index in [0.717, 1.165) is 16.8 Å². The normalized spacial score (nSPS) is 11.6. The van der Waals surface area contributed by atoms with Crippen LogP contribution in [0.1, 0.15) is 11.1 Å². The van der Waals surface area contributed by atoms with Crippen molar-refractivity contribution >= 4 is 35.6 Å². The molecule has 0 spiro atoms. The molecule has 0 radical (unpaired) electrons. The Morgan fingerprint density at radius 2 is 1.84 bits per heavy atom. The van der Waals surface area contributed by atoms with E-state index in [1.807, 2.05) is 31.2 Å². The van der Waals surface area contributed by atoms with Crippen LogP contribution in [0.2, 0.25) is 0 Å². The van der Waals surface area contributed by atoms with E-state index < -0.39 is 12.8 Å². The first-order chi connectivity index (χ1) is 11.3. The van der Waals surface area contributed by atoms with Crippen LogP contribution in [-0.4, -0.2) is 18.7 Å². The van der Waals surface area contributed by atoms with Crippen molar-refractivity contribution < 1.29 is 17.9 Å². The summed E-state index contributed by atoms with van der Waals surface area (Å²) < 4.78 is 40.9. The molecule has 0 saturated heterocycles. The molecule has 0 aliphatic carbocycles. The zero-order valence-corrected chi connectivity index (χ0v) is 15.8. The van der Waals surface area contributed by atoms with Crippen molar-refractivity contribution in [3.63, 3.8) is 0 Å². The minimum absolute atomic E-state index is 0. The first-order valence-corrected chi connectivity index (χ1v) is 7.24. The predicted molar refractivity (Wildman–Crippen MR) is 104 cm³/mol. The molecule has 0 bridgehead atoms. The quantitative estimate of drug-likeness (QED) is 0.389. The number of benzene rings is 2. The van der Waals surface area contributed by atoms with E-state index in [4.69, 9.17) is 5.73 Å². The number of nitrogens with one attached hydrogen (secondary N) is 1. The van der Waals surface area contributed by atoms with Crippen molar-refractivity contribution in [3.05, 3.63) is 59.7 Å². The van der Waals surface area contributed by atoms with Gasteiger partial charge in [0.25, 0.3) is 0 Å². The highest BCUT2D eigenvalue weighted by Gasteiger charge is 2.28. The Labute approximate surface area is 161 Å². The van der Waals surface area contributed by atoms with Crippen LogP contribution in [-0.2, 0) is 6.54 Å². The molecule has 0 aliphatic heterocycles. The van der Waals surface area contributed by atoms with E-state index in [1.165, 1.54) is 12.1 Å². The van der Waals surface area contributed by atoms with E-state index in [2.05, 4.69) is 15.0 Å². The van der Waals surface area contributed by atoms with Gasteiger partial charge in [0, 0.05) is 5.69 Å². The second-order valence-corrected chi connectivity index (χ2v) is 5.24. The molecule has 0 amide bonds. The molecule has 3 N–H and O–H groups in total. The summed E-state index contributed by atoms with van der Waals surface area (Å²) in [7, 11) is 0. The number of hydrogen-bond donors (Lipinski definition) is 2. The average molecular weight is 465 g/mol. The fraction of sp³-hybridized carbons (Fsp3) is 0.235. The summed E-state index contributed by atoms with van der Waals surface area (Å²) in [6.07, 6.45) is -4.35. The van der Waals surface area contributed by atoms with E-state index in [0.29, 0.717) is 6.54 Å². The number of nitrogens with two attached hydrogens (primary N) is 1. The molecule has 2 rings (SSSR count). The second kappa shape index (κ2) is 9.50. The molecule has 136 valence electrons. The van der Waals surface area contributed by atoms with Gasteiger partial charge >= 0.3 is 6.18 Å². The minimum Gasteiger partial charge on any atom is -0.484 e. The van der Waals surface area contributed by atoms with Gasteiger partial charge in [-0.3, -0.25) is 0 Å². The van der Waals surface area contributed by atoms with Crippen LogP contribution >= 0.6 is 24.0 Å². The Bertz CT molecular complexity index is 703. The van der Waals surface area contributed by atoms with Gasteiger partial charge in [-0.05, 0) is 42.3 Å². The number of hydrogen-bond acceptors (Lipinski definition) is 2. The Morgan fingerprint density at radius 3 is 2.44 bits per heavy atom. The molecule has 0 unspecified atom stereocenters. The third kappa shape index (κ3) is 8.10. The number of anilines is 1. The van der Waals surface area contributed by atoms with Gasteiger partial charge in [0.15, 0.2) is 12.6 Å². The molecular formula is C17H19F3IN3O. The van der Waals surface area contributed by atoms with Crippen LogP contribution in [0, 0.1) is 6.92 Å². The van der Waals surface area contributed by atoms with Gasteiger partial charge in [-0.2, -0.15) is 13.2 Å². The Hall–Kier alpha value is -1.97. The summed E-state index contributed by atoms with van der Waals surface area (Å²) in [4.78, 5) is 4.20. The number of halogens is 4. The first-order valence-electron chi connectivity index (χ1n) is 7.24. The molecule has 0 aliphatic rings. The van der Waals surface area contributed by atoms with Crippen LogP contribution in [0.4, 0.5) is 18.9 Å². The molecule has 0 fully saturated rings. The topological polar surface area (TPSA) is 59.6 Å². The predicted octanol–water partition coefficient (Wildman–Crippen LogP) is 4.48. The highest BCUT2D eigenvalue weighted by molar-refractivity contribution is 14.0. The van der Waals surface area contributed by atoms with E-state index in [1.54, 1.807) is 12.1 Å². The number of nitrogens with zero attached hydrogens (tertiary/aromatic N) is 1. The van der Waals surface area contributed by atoms with E-state index >= 15 is 0 Å². The SMILES string of the molecule is Cc1cccc(NC(N)=NCc2ccc(OCC(F)(F)F)cc2)c1.I. The number of aliphatic imine (C=N–C) groups is 1. The largest absolute Gasteiger partial charge is 0.484 e. The molecule has 2 aromatic carbocycles. The maximum absolute atomic E-state index is 12.1. The molecule has 0 saturated carbocycles. The third-order valence-electron chi connectivity index (χ3n) is 3.05. The van der Waals surface area contributed by atoms with Crippen LogP contribution in [0.15, 0.2) is 53.5 Å². The Balaban J connectivity index is 0.00000312. The lowest BCUT2D eigenvalue weighted by molar-refractivity contribution is -0.153. The fourth-order valence-electron chi connectivity index (χ4n) is 1.94. The maximum atomic E-state index is 12.1. The van der Waals surface area contributed by atoms with Crippen molar-refractivity contribution in [3.8, 4) is 5.75 Å². The molecule has 4 nitrogen and oxygen atoms in total. The molecule has 8 heteroatoms. The Kier molecular flexibility index (Phi) is 8.01. The fourth-order valence-corrected chi connectivity index (χ4v) is 1.94. The van der Waals surface area contributed by atoms with Crippen molar-refractivity contribution in [2.75, 3.05) is 11.9 Å². The van der Waals surface area contributed by atoms with Crippen molar-refractivity contribution in [2.24, 2.45) is 10.7 Å². The highest BCUT2D eigenvalue weighted by Crippen LogP contribution is 2.19. The molecular weight excluding hydrogens is 446 g/mol. The number of alkyl halides is 3. The third-order valence-corrected chi connectivity index (χ3v) is 3.05. The zero-order chi connectivity index (χ0) is 17.6. The summed E-state index contributed by atoms with van der Waals surface area (Å²) in [6.45, 7) is 0.975. The lowest BCUT2D eigenvalue weighted by Crippen LogP contribution is -2.22. The maximum Gasteiger partial charge on any atom is 0.422 e. The van der Waals surface area contributed by atoms with Crippen molar-refractivity contribution in [1.29, 1.82) is 0 Å². The second-order valence-electron chi connectivity index (χ2n) is 5.24. The van der Waals surface area contributed by atoms with Gasteiger partial charge in [0.05, 0.1) is 6.54 Å². The summed E-state index contributed by atoms with van der Waals surface area (Å²) in [6, 6.07) is 13.9. The monoisotopic (exact) mass is 465 g/mol. The van der Waals surface area contributed by atoms with Crippen LogP contribution in [0.3, 0.4) is 0 Å². The lowest BCUT2D eigenvalue weighted by Gasteiger charge is -2.09. The molecule has 0 heterocycles. The molecule has 0 aromatic heterocycles. The van der Waals surface area contributed by atoms with Gasteiger partial charge in [0.2, 0.25) is 0 Å².